The van der Waals surface area contributed by atoms with Gasteiger partial charge in [0.05, 0.1) is 28.8 Å². The molecule has 0 unspecified atom stereocenters. The first kappa shape index (κ1) is 26.5. The predicted molar refractivity (Wildman–Crippen MR) is 162 cm³/mol. The molecule has 1 saturated carbocycles. The molecule has 0 bridgehead atoms. The lowest BCUT2D eigenvalue weighted by Crippen LogP contribution is -2.32. The second-order valence-corrected chi connectivity index (χ2v) is 10.6. The summed E-state index contributed by atoms with van der Waals surface area (Å²) in [5, 5.41) is 18.7. The van der Waals surface area contributed by atoms with Crippen LogP contribution in [0.2, 0.25) is 0 Å². The van der Waals surface area contributed by atoms with Gasteiger partial charge in [0.15, 0.2) is 0 Å². The third-order valence-corrected chi connectivity index (χ3v) is 7.50. The third-order valence-electron chi connectivity index (χ3n) is 7.50. The number of rotatable bonds is 7. The molecule has 6 aromatic rings. The third kappa shape index (κ3) is 5.09. The molecule has 2 aromatic carbocycles. The minimum Gasteiger partial charge on any atom is -0.403 e. The van der Waals surface area contributed by atoms with Crippen LogP contribution in [-0.4, -0.2) is 52.7 Å². The van der Waals surface area contributed by atoms with Crippen molar-refractivity contribution in [1.29, 1.82) is 0 Å². The molecular formula is C32H23FN10O2. The molecule has 0 spiro atoms. The summed E-state index contributed by atoms with van der Waals surface area (Å²) in [6, 6.07) is 17.4. The lowest BCUT2D eigenvalue weighted by atomic mass is 10.0. The molecule has 2 N–H and O–H groups in total. The van der Waals surface area contributed by atoms with Crippen molar-refractivity contribution in [1.82, 2.24) is 34.9 Å². The fourth-order valence-corrected chi connectivity index (χ4v) is 5.11. The summed E-state index contributed by atoms with van der Waals surface area (Å²) in [5.74, 6) is 0.203. The standard InChI is InChI=1S/C32H23FN10O2/c33-24-10-4-9-22-25(18-6-2-1-3-7-18)37-29(30(44)38-27(22)24)39-32-41-40-31(45-32)23-17-43(21-8-5-13-34-16-21)42-26(23)20-14-35-28(36-15-20)19-11-12-19/h1-10,13-17,19,29H,11-12H2,(H,38,44)(H,39,41)/t29-/m1/s1. The van der Waals surface area contributed by atoms with Crippen molar-refractivity contribution in [2.75, 3.05) is 10.6 Å². The van der Waals surface area contributed by atoms with Crippen LogP contribution in [-0.2, 0) is 4.79 Å². The Labute approximate surface area is 255 Å². The SMILES string of the molecule is O=C1Nc2c(F)cccc2C(c2ccccc2)=N[C@@H]1Nc1nnc(-c2cn(-c3cccnc3)nc2-c2cnc(C3CC3)nc2)o1. The van der Waals surface area contributed by atoms with Gasteiger partial charge < -0.3 is 15.1 Å². The van der Waals surface area contributed by atoms with Crippen molar-refractivity contribution in [2.24, 2.45) is 4.99 Å². The van der Waals surface area contributed by atoms with Gasteiger partial charge in [-0.25, -0.2) is 24.0 Å². The quantitative estimate of drug-likeness (QED) is 0.258. The number of para-hydroxylation sites is 1. The highest BCUT2D eigenvalue weighted by Gasteiger charge is 2.30. The molecule has 5 heterocycles. The first-order chi connectivity index (χ1) is 22.1. The molecule has 12 nitrogen and oxygen atoms in total. The van der Waals surface area contributed by atoms with Crippen LogP contribution in [0.4, 0.5) is 16.1 Å². The number of hydrogen-bond acceptors (Lipinski definition) is 10. The van der Waals surface area contributed by atoms with Gasteiger partial charge >= 0.3 is 6.01 Å². The zero-order valence-corrected chi connectivity index (χ0v) is 23.5. The number of carbonyl (C=O) groups excluding carboxylic acids is 1. The van der Waals surface area contributed by atoms with Crippen LogP contribution >= 0.6 is 0 Å². The van der Waals surface area contributed by atoms with Crippen LogP contribution in [0, 0.1) is 5.82 Å². The number of fused-ring (bicyclic) bond motifs is 1. The molecule has 0 radical (unpaired) electrons. The number of anilines is 2. The van der Waals surface area contributed by atoms with E-state index in [2.05, 4.69) is 40.8 Å². The fourth-order valence-electron chi connectivity index (χ4n) is 5.11. The van der Waals surface area contributed by atoms with Gasteiger partial charge in [0, 0.05) is 47.4 Å². The highest BCUT2D eigenvalue weighted by atomic mass is 19.1. The second kappa shape index (κ2) is 10.9. The van der Waals surface area contributed by atoms with Crippen LogP contribution in [0.5, 0.6) is 0 Å². The lowest BCUT2D eigenvalue weighted by Gasteiger charge is -2.11. The molecule has 13 heteroatoms. The van der Waals surface area contributed by atoms with Gasteiger partial charge in [0.1, 0.15) is 17.3 Å². The minimum absolute atomic E-state index is 0.0444. The van der Waals surface area contributed by atoms with E-state index in [0.717, 1.165) is 24.4 Å². The van der Waals surface area contributed by atoms with E-state index in [1.54, 1.807) is 47.8 Å². The number of hydrogen-bond donors (Lipinski definition) is 2. The molecule has 1 aliphatic carbocycles. The van der Waals surface area contributed by atoms with E-state index in [1.165, 1.54) is 6.07 Å². The van der Waals surface area contributed by atoms with Crippen molar-refractivity contribution in [3.63, 3.8) is 0 Å². The number of pyridine rings is 1. The highest BCUT2D eigenvalue weighted by molar-refractivity contribution is 6.19. The maximum Gasteiger partial charge on any atom is 0.317 e. The zero-order valence-electron chi connectivity index (χ0n) is 23.5. The van der Waals surface area contributed by atoms with E-state index >= 15 is 0 Å². The highest BCUT2D eigenvalue weighted by Crippen LogP contribution is 2.38. The van der Waals surface area contributed by atoms with Gasteiger partial charge in [0.2, 0.25) is 6.17 Å². The van der Waals surface area contributed by atoms with Gasteiger partial charge in [-0.15, -0.1) is 5.10 Å². The van der Waals surface area contributed by atoms with Gasteiger partial charge in [-0.3, -0.25) is 9.78 Å². The number of benzene rings is 2. The molecule has 220 valence electrons. The number of halogens is 1. The summed E-state index contributed by atoms with van der Waals surface area (Å²) in [4.78, 5) is 31.3. The van der Waals surface area contributed by atoms with Crippen molar-refractivity contribution in [3.8, 4) is 28.4 Å². The van der Waals surface area contributed by atoms with Crippen LogP contribution in [0.3, 0.4) is 0 Å². The Balaban J connectivity index is 1.15. The van der Waals surface area contributed by atoms with E-state index < -0.39 is 17.9 Å². The lowest BCUT2D eigenvalue weighted by molar-refractivity contribution is -0.116. The molecule has 2 aliphatic rings. The molecule has 8 rings (SSSR count). The molecule has 1 amide bonds. The Morgan fingerprint density at radius 1 is 0.911 bits per heavy atom. The Hall–Kier alpha value is -6.11. The average molecular weight is 599 g/mol. The fraction of sp³-hybridized carbons (Fsp3) is 0.125. The molecule has 0 saturated heterocycles. The summed E-state index contributed by atoms with van der Waals surface area (Å²) in [5.41, 5.74) is 4.08. The normalized spacial score (nSPS) is 16.0. The molecular weight excluding hydrogens is 575 g/mol. The number of nitrogens with one attached hydrogen (secondary N) is 2. The van der Waals surface area contributed by atoms with E-state index in [0.29, 0.717) is 39.6 Å². The Kier molecular flexibility index (Phi) is 6.40. The van der Waals surface area contributed by atoms with E-state index in [-0.39, 0.29) is 17.6 Å². The molecule has 45 heavy (non-hydrogen) atoms. The van der Waals surface area contributed by atoms with E-state index in [9.17, 15) is 9.18 Å². The second-order valence-electron chi connectivity index (χ2n) is 10.6. The van der Waals surface area contributed by atoms with Gasteiger partial charge in [-0.05, 0) is 31.0 Å². The summed E-state index contributed by atoms with van der Waals surface area (Å²) in [6.07, 6.45) is 9.57. The summed E-state index contributed by atoms with van der Waals surface area (Å²) >= 11 is 0. The Morgan fingerprint density at radius 3 is 2.53 bits per heavy atom. The minimum atomic E-state index is -1.21. The van der Waals surface area contributed by atoms with Crippen molar-refractivity contribution in [2.45, 2.75) is 24.9 Å². The van der Waals surface area contributed by atoms with Gasteiger partial charge in [-0.2, -0.15) is 5.10 Å². The first-order valence-electron chi connectivity index (χ1n) is 14.3. The number of nitrogens with zero attached hydrogens (tertiary/aromatic N) is 8. The topological polar surface area (TPSA) is 149 Å². The predicted octanol–water partition coefficient (Wildman–Crippen LogP) is 5.02. The van der Waals surface area contributed by atoms with E-state index in [1.807, 2.05) is 42.5 Å². The van der Waals surface area contributed by atoms with Crippen LogP contribution < -0.4 is 10.6 Å². The molecule has 1 atom stereocenters. The average Bonchev–Trinajstić information content (AvgIpc) is 3.70. The number of carbonyl (C=O) groups is 1. The monoisotopic (exact) mass is 598 g/mol. The maximum atomic E-state index is 14.9. The van der Waals surface area contributed by atoms with Crippen molar-refractivity contribution in [3.05, 3.63) is 114 Å². The van der Waals surface area contributed by atoms with Crippen molar-refractivity contribution < 1.29 is 13.6 Å². The van der Waals surface area contributed by atoms with Crippen LogP contribution in [0.15, 0.2) is 101 Å². The molecule has 4 aromatic heterocycles. The summed E-state index contributed by atoms with van der Waals surface area (Å²) in [7, 11) is 0. The Bertz CT molecular complexity index is 2060. The number of amides is 1. The van der Waals surface area contributed by atoms with Crippen molar-refractivity contribution >= 4 is 23.3 Å². The van der Waals surface area contributed by atoms with Crippen LogP contribution in [0.1, 0.15) is 35.7 Å². The number of benzodiazepines with no additional fused rings is 1. The smallest absolute Gasteiger partial charge is 0.317 e. The molecule has 1 aliphatic heterocycles. The van der Waals surface area contributed by atoms with Gasteiger partial charge in [-0.1, -0.05) is 47.6 Å². The molecule has 1 fully saturated rings. The zero-order chi connectivity index (χ0) is 30.3. The van der Waals surface area contributed by atoms with E-state index in [4.69, 9.17) is 9.52 Å². The maximum absolute atomic E-state index is 14.9. The van der Waals surface area contributed by atoms with Gasteiger partial charge in [0.25, 0.3) is 11.8 Å². The number of aromatic nitrogens is 7. The first-order valence-corrected chi connectivity index (χ1v) is 14.3. The number of aliphatic imine (C=N–C) groups is 1. The summed E-state index contributed by atoms with van der Waals surface area (Å²) in [6.45, 7) is 0. The Morgan fingerprint density at radius 2 is 1.76 bits per heavy atom. The largest absolute Gasteiger partial charge is 0.403 e. The summed E-state index contributed by atoms with van der Waals surface area (Å²) < 4.78 is 22.6. The van der Waals surface area contributed by atoms with Crippen LogP contribution in [0.25, 0.3) is 28.4 Å².